The number of fused-ring (bicyclic) bond motifs is 2. The van der Waals surface area contributed by atoms with Gasteiger partial charge < -0.3 is 5.32 Å². The van der Waals surface area contributed by atoms with Gasteiger partial charge in [0, 0.05) is 28.9 Å². The van der Waals surface area contributed by atoms with E-state index < -0.39 is 17.1 Å². The summed E-state index contributed by atoms with van der Waals surface area (Å²) < 4.78 is 1.41. The number of hydrogen-bond donors (Lipinski definition) is 1. The predicted molar refractivity (Wildman–Crippen MR) is 147 cm³/mol. The Morgan fingerprint density at radius 1 is 1.00 bits per heavy atom. The van der Waals surface area contributed by atoms with Crippen LogP contribution in [0.3, 0.4) is 0 Å². The van der Waals surface area contributed by atoms with Crippen LogP contribution in [0.5, 0.6) is 0 Å². The number of rotatable bonds is 5. The molecule has 6 rings (SSSR count). The minimum absolute atomic E-state index is 0.201. The van der Waals surface area contributed by atoms with Crippen molar-refractivity contribution >= 4 is 52.2 Å². The molecule has 2 aromatic heterocycles. The van der Waals surface area contributed by atoms with Crippen LogP contribution in [0.15, 0.2) is 88.9 Å². The normalized spacial score (nSPS) is 20.2. The molecule has 3 amide bonds. The van der Waals surface area contributed by atoms with Crippen molar-refractivity contribution in [1.82, 2.24) is 9.55 Å². The fourth-order valence-electron chi connectivity index (χ4n) is 5.07. The van der Waals surface area contributed by atoms with Gasteiger partial charge in [-0.25, -0.2) is 4.90 Å². The van der Waals surface area contributed by atoms with E-state index in [0.29, 0.717) is 21.3 Å². The lowest BCUT2D eigenvalue weighted by molar-refractivity contribution is -0.122. The molecule has 3 unspecified atom stereocenters. The molecule has 190 valence electrons. The highest BCUT2D eigenvalue weighted by atomic mass is 32.2. The Morgan fingerprint density at radius 3 is 2.55 bits per heavy atom. The lowest BCUT2D eigenvalue weighted by Gasteiger charge is -2.30. The summed E-state index contributed by atoms with van der Waals surface area (Å²) in [5, 5.41) is 2.66. The van der Waals surface area contributed by atoms with Gasteiger partial charge in [0.15, 0.2) is 0 Å². The van der Waals surface area contributed by atoms with E-state index in [1.54, 1.807) is 48.8 Å². The molecule has 0 radical (unpaired) electrons. The van der Waals surface area contributed by atoms with Gasteiger partial charge in [-0.2, -0.15) is 0 Å². The third-order valence-electron chi connectivity index (χ3n) is 6.71. The zero-order valence-corrected chi connectivity index (χ0v) is 21.9. The quantitative estimate of drug-likeness (QED) is 0.382. The van der Waals surface area contributed by atoms with Crippen LogP contribution in [0, 0.1) is 12.8 Å². The monoisotopic (exact) mass is 542 g/mol. The summed E-state index contributed by atoms with van der Waals surface area (Å²) in [4.78, 5) is 59.4. The average Bonchev–Trinajstić information content (AvgIpc) is 3.35. The summed E-state index contributed by atoms with van der Waals surface area (Å²) in [6, 6.07) is 19.9. The van der Waals surface area contributed by atoms with Crippen molar-refractivity contribution in [2.75, 3.05) is 10.2 Å². The highest BCUT2D eigenvalue weighted by Crippen LogP contribution is 2.53. The number of nitrogens with one attached hydrogen (secondary N) is 1. The van der Waals surface area contributed by atoms with Crippen LogP contribution in [0.2, 0.25) is 0 Å². The van der Waals surface area contributed by atoms with Gasteiger partial charge in [0.25, 0.3) is 0 Å². The molecule has 2 aromatic carbocycles. The number of nitrogens with zero attached hydrogens (tertiary/aromatic N) is 3. The number of aromatic nitrogens is 2. The number of imide groups is 1. The topological polar surface area (TPSA) is 101 Å². The van der Waals surface area contributed by atoms with Gasteiger partial charge in [0.05, 0.1) is 16.6 Å². The molecule has 0 spiro atoms. The molecule has 0 saturated carbocycles. The van der Waals surface area contributed by atoms with Crippen molar-refractivity contribution in [2.24, 2.45) is 5.92 Å². The van der Waals surface area contributed by atoms with E-state index in [1.165, 1.54) is 21.2 Å². The lowest BCUT2D eigenvalue weighted by Crippen LogP contribution is -2.33. The summed E-state index contributed by atoms with van der Waals surface area (Å²) in [6.07, 6.45) is 3.31. The maximum Gasteiger partial charge on any atom is 0.308 e. The van der Waals surface area contributed by atoms with E-state index in [2.05, 4.69) is 10.3 Å². The van der Waals surface area contributed by atoms with Crippen LogP contribution in [0.1, 0.15) is 21.9 Å². The van der Waals surface area contributed by atoms with Crippen LogP contribution in [-0.2, 0) is 20.9 Å². The molecule has 4 heterocycles. The van der Waals surface area contributed by atoms with E-state index in [9.17, 15) is 19.2 Å². The van der Waals surface area contributed by atoms with E-state index in [0.717, 1.165) is 22.5 Å². The fraction of sp³-hybridized carbons (Fsp3) is 0.179. The molecule has 10 heteroatoms. The first-order chi connectivity index (χ1) is 18.4. The Morgan fingerprint density at radius 2 is 1.82 bits per heavy atom. The van der Waals surface area contributed by atoms with Crippen molar-refractivity contribution in [2.45, 2.75) is 29.7 Å². The third-order valence-corrected chi connectivity index (χ3v) is 9.31. The molecule has 2 aliphatic heterocycles. The first kappa shape index (κ1) is 24.3. The molecular formula is C28H22N4O4S2. The fourth-order valence-corrected chi connectivity index (χ4v) is 7.85. The number of hydrogen-bond acceptors (Lipinski definition) is 7. The molecule has 0 aliphatic carbocycles. The average molecular weight is 543 g/mol. The van der Waals surface area contributed by atoms with Gasteiger partial charge >= 0.3 is 4.87 Å². The molecule has 3 atom stereocenters. The molecule has 0 bridgehead atoms. The standard InChI is InChI=1S/C28H22N4O4S2/c1-16-7-5-9-18(13-16)30-20(33)15-31-27-24(38-28(31)36)21(17-8-6-12-29-14-17)22-23(37-27)26(35)32(25(22)34)19-10-3-2-4-11-19/h2-14,21-23H,15H2,1H3,(H,30,33). The number of carbonyl (C=O) groups is 3. The predicted octanol–water partition coefficient (Wildman–Crippen LogP) is 4.05. The Bertz CT molecular complexity index is 1620. The summed E-state index contributed by atoms with van der Waals surface area (Å²) in [6.45, 7) is 1.73. The van der Waals surface area contributed by atoms with E-state index in [-0.39, 0.29) is 29.1 Å². The molecule has 1 saturated heterocycles. The van der Waals surface area contributed by atoms with Gasteiger partial charge in [-0.15, -0.1) is 0 Å². The van der Waals surface area contributed by atoms with Crippen molar-refractivity contribution < 1.29 is 14.4 Å². The highest BCUT2D eigenvalue weighted by molar-refractivity contribution is 8.00. The number of anilines is 2. The van der Waals surface area contributed by atoms with Crippen molar-refractivity contribution in [3.8, 4) is 0 Å². The maximum atomic E-state index is 13.8. The van der Waals surface area contributed by atoms with Crippen LogP contribution in [0.25, 0.3) is 0 Å². The Labute approximate surface area is 226 Å². The minimum Gasteiger partial charge on any atom is -0.325 e. The highest BCUT2D eigenvalue weighted by Gasteiger charge is 2.56. The van der Waals surface area contributed by atoms with E-state index >= 15 is 0 Å². The first-order valence-corrected chi connectivity index (χ1v) is 13.7. The van der Waals surface area contributed by atoms with Gasteiger partial charge in [0.2, 0.25) is 17.7 Å². The largest absolute Gasteiger partial charge is 0.325 e. The first-order valence-electron chi connectivity index (χ1n) is 12.0. The smallest absolute Gasteiger partial charge is 0.308 e. The second-order valence-electron chi connectivity index (χ2n) is 9.22. The number of para-hydroxylation sites is 1. The Kier molecular flexibility index (Phi) is 6.21. The van der Waals surface area contributed by atoms with Crippen LogP contribution in [0.4, 0.5) is 11.4 Å². The number of pyridine rings is 1. The Balaban J connectivity index is 1.40. The lowest BCUT2D eigenvalue weighted by atomic mass is 9.84. The molecular weight excluding hydrogens is 520 g/mol. The number of amides is 3. The maximum absolute atomic E-state index is 13.8. The number of carbonyl (C=O) groups excluding carboxylic acids is 3. The second kappa shape index (κ2) is 9.70. The molecule has 8 nitrogen and oxygen atoms in total. The number of aryl methyl sites for hydroxylation is 1. The second-order valence-corrected chi connectivity index (χ2v) is 11.3. The zero-order chi connectivity index (χ0) is 26.4. The zero-order valence-electron chi connectivity index (χ0n) is 20.2. The molecule has 4 aromatic rings. The Hall–Kier alpha value is -4.02. The van der Waals surface area contributed by atoms with E-state index in [4.69, 9.17) is 0 Å². The number of thioether (sulfide) groups is 1. The van der Waals surface area contributed by atoms with Gasteiger partial charge in [0.1, 0.15) is 11.8 Å². The number of thiazole rings is 1. The molecule has 1 N–H and O–H groups in total. The van der Waals surface area contributed by atoms with Crippen molar-refractivity contribution in [3.05, 3.63) is 105 Å². The summed E-state index contributed by atoms with van der Waals surface area (Å²) >= 11 is 2.21. The summed E-state index contributed by atoms with van der Waals surface area (Å²) in [7, 11) is 0. The van der Waals surface area contributed by atoms with Gasteiger partial charge in [-0.05, 0) is 48.4 Å². The van der Waals surface area contributed by atoms with E-state index in [1.807, 2.05) is 37.3 Å². The van der Waals surface area contributed by atoms with Crippen LogP contribution >= 0.6 is 23.1 Å². The van der Waals surface area contributed by atoms with Gasteiger partial charge in [-0.3, -0.25) is 28.7 Å². The third kappa shape index (κ3) is 4.15. The van der Waals surface area contributed by atoms with Crippen LogP contribution < -0.4 is 15.1 Å². The molecule has 38 heavy (non-hydrogen) atoms. The summed E-state index contributed by atoms with van der Waals surface area (Å²) in [5.41, 5.74) is 2.91. The SMILES string of the molecule is Cc1cccc(NC(=O)Cn2c3c(sc2=O)C(c2cccnc2)C2C(=O)N(c4ccccc4)C(=O)C2S3)c1. The van der Waals surface area contributed by atoms with Crippen molar-refractivity contribution in [1.29, 1.82) is 0 Å². The van der Waals surface area contributed by atoms with Crippen molar-refractivity contribution in [3.63, 3.8) is 0 Å². The minimum atomic E-state index is -0.736. The number of benzene rings is 2. The molecule has 1 fully saturated rings. The summed E-state index contributed by atoms with van der Waals surface area (Å²) in [5.74, 6) is -2.21. The molecule has 2 aliphatic rings. The van der Waals surface area contributed by atoms with Gasteiger partial charge in [-0.1, -0.05) is 59.5 Å². The van der Waals surface area contributed by atoms with Crippen LogP contribution in [-0.4, -0.2) is 32.5 Å².